The monoisotopic (exact) mass is 301 g/mol. The maximum Gasteiger partial charge on any atom is 0.387 e. The Labute approximate surface area is 123 Å². The number of carbonyl (C=O) groups is 1. The third-order valence-electron chi connectivity index (χ3n) is 3.05. The molecule has 0 aliphatic heterocycles. The van der Waals surface area contributed by atoms with Crippen molar-refractivity contribution in [2.45, 2.75) is 39.3 Å². The van der Waals surface area contributed by atoms with Crippen LogP contribution in [0.4, 0.5) is 8.78 Å². The highest BCUT2D eigenvalue weighted by Gasteiger charge is 2.36. The molecule has 1 aromatic rings. The molecule has 0 saturated heterocycles. The zero-order valence-electron chi connectivity index (χ0n) is 12.5. The standard InChI is InChI=1S/C15H21F2NO3/c1-4-9-18-15(3,13(19)20-5-2)11-7-6-8-12(10-11)21-14(16)17/h6-8,10,14,18H,4-5,9H2,1-3H3. The first-order valence-corrected chi connectivity index (χ1v) is 6.91. The van der Waals surface area contributed by atoms with Crippen LogP contribution in [-0.4, -0.2) is 25.7 Å². The van der Waals surface area contributed by atoms with E-state index in [1.807, 2.05) is 6.92 Å². The second-order valence-electron chi connectivity index (χ2n) is 4.68. The molecule has 21 heavy (non-hydrogen) atoms. The van der Waals surface area contributed by atoms with Crippen LogP contribution in [0.5, 0.6) is 5.75 Å². The van der Waals surface area contributed by atoms with Gasteiger partial charge in [-0.2, -0.15) is 8.78 Å². The fourth-order valence-electron chi connectivity index (χ4n) is 1.93. The number of hydrogen-bond acceptors (Lipinski definition) is 4. The SMILES string of the molecule is CCCNC(C)(C(=O)OCC)c1cccc(OC(F)F)c1. The van der Waals surface area contributed by atoms with E-state index in [0.29, 0.717) is 12.1 Å². The van der Waals surface area contributed by atoms with E-state index in [4.69, 9.17) is 4.74 Å². The molecule has 0 aromatic heterocycles. The third-order valence-corrected chi connectivity index (χ3v) is 3.05. The Balaban J connectivity index is 3.10. The number of alkyl halides is 2. The van der Waals surface area contributed by atoms with Gasteiger partial charge in [-0.25, -0.2) is 4.79 Å². The number of ether oxygens (including phenoxy) is 2. The summed E-state index contributed by atoms with van der Waals surface area (Å²) in [7, 11) is 0. The Morgan fingerprint density at radius 1 is 1.38 bits per heavy atom. The van der Waals surface area contributed by atoms with E-state index in [9.17, 15) is 13.6 Å². The van der Waals surface area contributed by atoms with E-state index in [2.05, 4.69) is 10.1 Å². The molecule has 6 heteroatoms. The minimum Gasteiger partial charge on any atom is -0.464 e. The predicted molar refractivity (Wildman–Crippen MR) is 75.4 cm³/mol. The molecule has 0 aliphatic carbocycles. The molecule has 0 aliphatic rings. The van der Waals surface area contributed by atoms with Crippen molar-refractivity contribution in [3.05, 3.63) is 29.8 Å². The summed E-state index contributed by atoms with van der Waals surface area (Å²) in [6, 6.07) is 6.09. The Kier molecular flexibility index (Phi) is 6.55. The summed E-state index contributed by atoms with van der Waals surface area (Å²) in [6.45, 7) is 3.29. The molecule has 0 bridgehead atoms. The van der Waals surface area contributed by atoms with E-state index in [1.165, 1.54) is 12.1 Å². The van der Waals surface area contributed by atoms with E-state index in [0.717, 1.165) is 6.42 Å². The van der Waals surface area contributed by atoms with Crippen molar-refractivity contribution in [1.29, 1.82) is 0 Å². The van der Waals surface area contributed by atoms with Gasteiger partial charge in [-0.1, -0.05) is 19.1 Å². The fraction of sp³-hybridized carbons (Fsp3) is 0.533. The molecule has 0 amide bonds. The van der Waals surface area contributed by atoms with Gasteiger partial charge in [-0.05, 0) is 44.5 Å². The van der Waals surface area contributed by atoms with Crippen molar-refractivity contribution in [2.75, 3.05) is 13.2 Å². The number of benzene rings is 1. The first kappa shape index (κ1) is 17.4. The maximum atomic E-state index is 12.3. The summed E-state index contributed by atoms with van der Waals surface area (Å²) in [6.07, 6.45) is 0.822. The molecule has 1 unspecified atom stereocenters. The van der Waals surface area contributed by atoms with Gasteiger partial charge in [0.05, 0.1) is 6.61 Å². The highest BCUT2D eigenvalue weighted by Crippen LogP contribution is 2.27. The second-order valence-corrected chi connectivity index (χ2v) is 4.68. The predicted octanol–water partition coefficient (Wildman–Crippen LogP) is 3.07. The number of rotatable bonds is 8. The number of hydrogen-bond donors (Lipinski definition) is 1. The lowest BCUT2D eigenvalue weighted by molar-refractivity contribution is -0.151. The Hall–Kier alpha value is -1.69. The maximum absolute atomic E-state index is 12.3. The number of halogens is 2. The third kappa shape index (κ3) is 4.67. The van der Waals surface area contributed by atoms with Crippen LogP contribution in [0.2, 0.25) is 0 Å². The molecule has 0 heterocycles. The molecule has 4 nitrogen and oxygen atoms in total. The van der Waals surface area contributed by atoms with E-state index in [-0.39, 0.29) is 12.4 Å². The first-order valence-electron chi connectivity index (χ1n) is 6.91. The summed E-state index contributed by atoms with van der Waals surface area (Å²) in [5.74, 6) is -0.441. The van der Waals surface area contributed by atoms with Gasteiger partial charge in [0, 0.05) is 0 Å². The molecule has 1 atom stereocenters. The molecular weight excluding hydrogens is 280 g/mol. The van der Waals surface area contributed by atoms with Gasteiger partial charge < -0.3 is 9.47 Å². The minimum absolute atomic E-state index is 0.0105. The van der Waals surface area contributed by atoms with Gasteiger partial charge in [0.25, 0.3) is 0 Å². The van der Waals surface area contributed by atoms with Crippen molar-refractivity contribution in [3.63, 3.8) is 0 Å². The fourth-order valence-corrected chi connectivity index (χ4v) is 1.93. The van der Waals surface area contributed by atoms with Crippen LogP contribution in [0.25, 0.3) is 0 Å². The summed E-state index contributed by atoms with van der Waals surface area (Å²) in [4.78, 5) is 12.2. The largest absolute Gasteiger partial charge is 0.464 e. The van der Waals surface area contributed by atoms with Crippen molar-refractivity contribution >= 4 is 5.97 Å². The molecule has 1 aromatic carbocycles. The van der Waals surface area contributed by atoms with Crippen molar-refractivity contribution in [2.24, 2.45) is 0 Å². The lowest BCUT2D eigenvalue weighted by Gasteiger charge is -2.29. The van der Waals surface area contributed by atoms with Crippen molar-refractivity contribution in [1.82, 2.24) is 5.32 Å². The molecule has 0 radical (unpaired) electrons. The van der Waals surface area contributed by atoms with Gasteiger partial charge in [-0.3, -0.25) is 5.32 Å². The average molecular weight is 301 g/mol. The molecule has 1 N–H and O–H groups in total. The topological polar surface area (TPSA) is 47.6 Å². The lowest BCUT2D eigenvalue weighted by Crippen LogP contribution is -2.48. The highest BCUT2D eigenvalue weighted by atomic mass is 19.3. The van der Waals surface area contributed by atoms with Gasteiger partial charge in [0.2, 0.25) is 0 Å². The normalized spacial score (nSPS) is 13.8. The van der Waals surface area contributed by atoms with Gasteiger partial charge in [0.15, 0.2) is 0 Å². The zero-order valence-corrected chi connectivity index (χ0v) is 12.5. The van der Waals surface area contributed by atoms with Gasteiger partial charge in [-0.15, -0.1) is 0 Å². The molecule has 0 spiro atoms. The van der Waals surface area contributed by atoms with Crippen LogP contribution in [0.1, 0.15) is 32.8 Å². The lowest BCUT2D eigenvalue weighted by atomic mass is 9.91. The van der Waals surface area contributed by atoms with E-state index >= 15 is 0 Å². The van der Waals surface area contributed by atoms with Crippen molar-refractivity contribution in [3.8, 4) is 5.75 Å². The Morgan fingerprint density at radius 3 is 2.67 bits per heavy atom. The van der Waals surface area contributed by atoms with Crippen LogP contribution < -0.4 is 10.1 Å². The van der Waals surface area contributed by atoms with Crippen LogP contribution >= 0.6 is 0 Å². The molecular formula is C15H21F2NO3. The Morgan fingerprint density at radius 2 is 2.10 bits per heavy atom. The first-order chi connectivity index (χ1) is 9.93. The highest BCUT2D eigenvalue weighted by molar-refractivity contribution is 5.82. The number of carbonyl (C=O) groups excluding carboxylic acids is 1. The minimum atomic E-state index is -2.90. The quantitative estimate of drug-likeness (QED) is 0.750. The Bertz CT molecular complexity index is 468. The summed E-state index contributed by atoms with van der Waals surface area (Å²) in [5.41, 5.74) is -0.583. The summed E-state index contributed by atoms with van der Waals surface area (Å²) in [5, 5.41) is 3.11. The van der Waals surface area contributed by atoms with Gasteiger partial charge in [0.1, 0.15) is 11.3 Å². The zero-order chi connectivity index (χ0) is 15.9. The van der Waals surface area contributed by atoms with Crippen molar-refractivity contribution < 1.29 is 23.0 Å². The molecule has 0 fully saturated rings. The number of esters is 1. The smallest absolute Gasteiger partial charge is 0.387 e. The number of nitrogens with one attached hydrogen (secondary N) is 1. The molecule has 0 saturated carbocycles. The van der Waals surface area contributed by atoms with Crippen LogP contribution in [-0.2, 0) is 15.1 Å². The second kappa shape index (κ2) is 7.93. The average Bonchev–Trinajstić information content (AvgIpc) is 2.44. The van der Waals surface area contributed by atoms with Gasteiger partial charge >= 0.3 is 12.6 Å². The van der Waals surface area contributed by atoms with Crippen LogP contribution in [0.3, 0.4) is 0 Å². The summed E-state index contributed by atoms with van der Waals surface area (Å²) < 4.78 is 34.1. The van der Waals surface area contributed by atoms with Crippen LogP contribution in [0.15, 0.2) is 24.3 Å². The molecule has 118 valence electrons. The van der Waals surface area contributed by atoms with Crippen LogP contribution in [0, 0.1) is 0 Å². The van der Waals surface area contributed by atoms with E-state index < -0.39 is 18.1 Å². The summed E-state index contributed by atoms with van der Waals surface area (Å²) >= 11 is 0. The van der Waals surface area contributed by atoms with E-state index in [1.54, 1.807) is 26.0 Å². The molecule has 1 rings (SSSR count).